The van der Waals surface area contributed by atoms with Gasteiger partial charge in [0.2, 0.25) is 0 Å². The summed E-state index contributed by atoms with van der Waals surface area (Å²) in [6.45, 7) is 4.44. The number of nitrogens with one attached hydrogen (secondary N) is 1. The van der Waals surface area contributed by atoms with Crippen molar-refractivity contribution in [1.29, 1.82) is 0 Å². The van der Waals surface area contributed by atoms with Gasteiger partial charge in [-0.3, -0.25) is 4.98 Å². The number of unbranched alkanes of at least 4 members (excludes halogenated alkanes) is 2. The number of benzene rings is 1. The monoisotopic (exact) mass is 257 g/mol. The molecule has 0 spiro atoms. The van der Waals surface area contributed by atoms with Gasteiger partial charge < -0.3 is 11.1 Å². The molecule has 19 heavy (non-hydrogen) atoms. The molecule has 0 fully saturated rings. The summed E-state index contributed by atoms with van der Waals surface area (Å²) < 4.78 is 0. The lowest BCUT2D eigenvalue weighted by atomic mass is 10.1. The maximum Gasteiger partial charge on any atom is 0.0743 e. The van der Waals surface area contributed by atoms with Crippen molar-refractivity contribution in [2.75, 3.05) is 11.1 Å². The van der Waals surface area contributed by atoms with E-state index in [4.69, 9.17) is 5.73 Å². The Morgan fingerprint density at radius 3 is 2.84 bits per heavy atom. The van der Waals surface area contributed by atoms with E-state index in [0.717, 1.165) is 22.3 Å². The third-order valence-corrected chi connectivity index (χ3v) is 3.44. The molecule has 1 aromatic heterocycles. The summed E-state index contributed by atoms with van der Waals surface area (Å²) >= 11 is 0. The summed E-state index contributed by atoms with van der Waals surface area (Å²) in [5.74, 6) is 0. The van der Waals surface area contributed by atoms with E-state index >= 15 is 0 Å². The molecule has 0 saturated heterocycles. The number of fused-ring (bicyclic) bond motifs is 1. The number of hydrogen-bond donors (Lipinski definition) is 2. The molecule has 1 unspecified atom stereocenters. The van der Waals surface area contributed by atoms with Crippen LogP contribution in [0, 0.1) is 0 Å². The molecule has 0 radical (unpaired) electrons. The SMILES string of the molecule is CCCCCC(C)Nc1c(N)cnc2ccccc12. The highest BCUT2D eigenvalue weighted by Gasteiger charge is 2.09. The highest BCUT2D eigenvalue weighted by molar-refractivity contribution is 5.96. The average molecular weight is 257 g/mol. The number of nitrogens with two attached hydrogens (primary N) is 1. The third kappa shape index (κ3) is 3.37. The average Bonchev–Trinajstić information content (AvgIpc) is 2.42. The first kappa shape index (κ1) is 13.7. The van der Waals surface area contributed by atoms with Gasteiger partial charge >= 0.3 is 0 Å². The topological polar surface area (TPSA) is 50.9 Å². The lowest BCUT2D eigenvalue weighted by Crippen LogP contribution is -2.16. The van der Waals surface area contributed by atoms with E-state index in [1.54, 1.807) is 6.20 Å². The fourth-order valence-corrected chi connectivity index (χ4v) is 2.34. The van der Waals surface area contributed by atoms with Crippen LogP contribution in [0.15, 0.2) is 30.5 Å². The molecule has 102 valence electrons. The van der Waals surface area contributed by atoms with Gasteiger partial charge in [-0.05, 0) is 19.4 Å². The Kier molecular flexibility index (Phi) is 4.61. The van der Waals surface area contributed by atoms with Crippen LogP contribution in [-0.4, -0.2) is 11.0 Å². The van der Waals surface area contributed by atoms with Crippen LogP contribution in [-0.2, 0) is 0 Å². The van der Waals surface area contributed by atoms with E-state index in [-0.39, 0.29) is 0 Å². The summed E-state index contributed by atoms with van der Waals surface area (Å²) in [5, 5.41) is 4.65. The number of nitrogen functional groups attached to an aromatic ring is 1. The number of pyridine rings is 1. The van der Waals surface area contributed by atoms with Gasteiger partial charge in [0.1, 0.15) is 0 Å². The van der Waals surface area contributed by atoms with Gasteiger partial charge in [0, 0.05) is 11.4 Å². The van der Waals surface area contributed by atoms with Crippen molar-refractivity contribution in [1.82, 2.24) is 4.98 Å². The van der Waals surface area contributed by atoms with Crippen LogP contribution in [0.4, 0.5) is 11.4 Å². The third-order valence-electron chi connectivity index (χ3n) is 3.44. The van der Waals surface area contributed by atoms with Gasteiger partial charge in [-0.15, -0.1) is 0 Å². The highest BCUT2D eigenvalue weighted by atomic mass is 14.9. The normalized spacial score (nSPS) is 12.5. The highest BCUT2D eigenvalue weighted by Crippen LogP contribution is 2.28. The summed E-state index contributed by atoms with van der Waals surface area (Å²) in [6.07, 6.45) is 6.71. The molecule has 1 atom stereocenters. The fourth-order valence-electron chi connectivity index (χ4n) is 2.34. The second-order valence-corrected chi connectivity index (χ2v) is 5.15. The molecule has 1 aromatic carbocycles. The van der Waals surface area contributed by atoms with Gasteiger partial charge in [-0.2, -0.15) is 0 Å². The molecule has 2 aromatic rings. The zero-order valence-corrected chi connectivity index (χ0v) is 11.8. The Balaban J connectivity index is 2.17. The molecule has 0 aliphatic heterocycles. The second kappa shape index (κ2) is 6.41. The van der Waals surface area contributed by atoms with Crippen molar-refractivity contribution >= 4 is 22.3 Å². The van der Waals surface area contributed by atoms with Crippen LogP contribution in [0.1, 0.15) is 39.5 Å². The first-order valence-electron chi connectivity index (χ1n) is 7.12. The van der Waals surface area contributed by atoms with E-state index in [1.165, 1.54) is 25.7 Å². The number of hydrogen-bond acceptors (Lipinski definition) is 3. The van der Waals surface area contributed by atoms with Gasteiger partial charge in [-0.1, -0.05) is 44.4 Å². The maximum absolute atomic E-state index is 6.06. The summed E-state index contributed by atoms with van der Waals surface area (Å²) in [4.78, 5) is 4.36. The quantitative estimate of drug-likeness (QED) is 0.763. The van der Waals surface area contributed by atoms with Crippen LogP contribution in [0.25, 0.3) is 10.9 Å². The molecule has 2 rings (SSSR count). The molecule has 1 heterocycles. The lowest BCUT2D eigenvalue weighted by molar-refractivity contribution is 0.615. The Morgan fingerprint density at radius 2 is 2.05 bits per heavy atom. The molecule has 3 heteroatoms. The summed E-state index contributed by atoms with van der Waals surface area (Å²) in [6, 6.07) is 8.54. The van der Waals surface area contributed by atoms with Gasteiger partial charge in [0.15, 0.2) is 0 Å². The van der Waals surface area contributed by atoms with Crippen molar-refractivity contribution in [2.45, 2.75) is 45.6 Å². The molecule has 3 N–H and O–H groups in total. The van der Waals surface area contributed by atoms with E-state index in [1.807, 2.05) is 18.2 Å². The minimum Gasteiger partial charge on any atom is -0.396 e. The predicted molar refractivity (Wildman–Crippen MR) is 83.4 cm³/mol. The van der Waals surface area contributed by atoms with Gasteiger partial charge in [-0.25, -0.2) is 0 Å². The van der Waals surface area contributed by atoms with Crippen molar-refractivity contribution in [2.24, 2.45) is 0 Å². The van der Waals surface area contributed by atoms with E-state index in [9.17, 15) is 0 Å². The van der Waals surface area contributed by atoms with Crippen LogP contribution >= 0.6 is 0 Å². The van der Waals surface area contributed by atoms with Crippen LogP contribution in [0.5, 0.6) is 0 Å². The fraction of sp³-hybridized carbons (Fsp3) is 0.438. The Hall–Kier alpha value is -1.77. The minimum atomic E-state index is 0.430. The van der Waals surface area contributed by atoms with E-state index in [0.29, 0.717) is 6.04 Å². The maximum atomic E-state index is 6.06. The van der Waals surface area contributed by atoms with Crippen LogP contribution < -0.4 is 11.1 Å². The largest absolute Gasteiger partial charge is 0.396 e. The Morgan fingerprint density at radius 1 is 1.26 bits per heavy atom. The van der Waals surface area contributed by atoms with E-state index < -0.39 is 0 Å². The zero-order valence-electron chi connectivity index (χ0n) is 11.8. The molecular formula is C16H23N3. The number of anilines is 2. The molecule has 0 amide bonds. The number of rotatable bonds is 6. The molecule has 3 nitrogen and oxygen atoms in total. The first-order valence-corrected chi connectivity index (χ1v) is 7.12. The Bertz CT molecular complexity index is 537. The zero-order chi connectivity index (χ0) is 13.7. The predicted octanol–water partition coefficient (Wildman–Crippen LogP) is 4.20. The number of aromatic nitrogens is 1. The van der Waals surface area contributed by atoms with Gasteiger partial charge in [0.05, 0.1) is 23.1 Å². The lowest BCUT2D eigenvalue weighted by Gasteiger charge is -2.18. The molecule has 0 saturated carbocycles. The van der Waals surface area contributed by atoms with E-state index in [2.05, 4.69) is 30.2 Å². The van der Waals surface area contributed by atoms with Crippen LogP contribution in [0.2, 0.25) is 0 Å². The molecule has 0 bridgehead atoms. The molecular weight excluding hydrogens is 234 g/mol. The van der Waals surface area contributed by atoms with Crippen LogP contribution in [0.3, 0.4) is 0 Å². The first-order chi connectivity index (χ1) is 9.22. The smallest absolute Gasteiger partial charge is 0.0743 e. The van der Waals surface area contributed by atoms with Crippen molar-refractivity contribution < 1.29 is 0 Å². The van der Waals surface area contributed by atoms with Crippen molar-refractivity contribution in [3.05, 3.63) is 30.5 Å². The Labute approximate surface area is 115 Å². The number of nitrogens with zero attached hydrogens (tertiary/aromatic N) is 1. The summed E-state index contributed by atoms with van der Waals surface area (Å²) in [5.41, 5.74) is 8.80. The molecule has 0 aliphatic rings. The summed E-state index contributed by atoms with van der Waals surface area (Å²) in [7, 11) is 0. The van der Waals surface area contributed by atoms with Crippen molar-refractivity contribution in [3.8, 4) is 0 Å². The number of para-hydroxylation sites is 1. The standard InChI is InChI=1S/C16H23N3/c1-3-4-5-8-12(2)19-16-13-9-6-7-10-15(13)18-11-14(16)17/h6-7,9-12H,3-5,8,17H2,1-2H3,(H,18,19). The molecule has 0 aliphatic carbocycles. The van der Waals surface area contributed by atoms with Gasteiger partial charge in [0.25, 0.3) is 0 Å². The second-order valence-electron chi connectivity index (χ2n) is 5.15. The minimum absolute atomic E-state index is 0.430. The van der Waals surface area contributed by atoms with Crippen molar-refractivity contribution in [3.63, 3.8) is 0 Å².